The predicted octanol–water partition coefficient (Wildman–Crippen LogP) is 3.43. The molecule has 3 rings (SSSR count). The molecule has 0 saturated carbocycles. The molecule has 28 heavy (non-hydrogen) atoms. The number of benzene rings is 2. The molecule has 0 aliphatic carbocycles. The van der Waals surface area contributed by atoms with Gasteiger partial charge in [0.15, 0.2) is 0 Å². The number of hydrogen-bond acceptors (Lipinski definition) is 3. The first-order valence-corrected chi connectivity index (χ1v) is 10.3. The fourth-order valence-corrected chi connectivity index (χ4v) is 3.57. The zero-order valence-corrected chi connectivity index (χ0v) is 18.0. The van der Waals surface area contributed by atoms with Gasteiger partial charge in [0, 0.05) is 62.4 Å². The second kappa shape index (κ2) is 9.34. The molecule has 5 nitrogen and oxygen atoms in total. The molecule has 2 aromatic carbocycles. The zero-order valence-electron chi connectivity index (χ0n) is 16.4. The number of piperazine rings is 1. The molecule has 2 aromatic rings. The number of carbonyl (C=O) groups is 2. The molecule has 0 N–H and O–H groups in total. The number of anilines is 1. The summed E-state index contributed by atoms with van der Waals surface area (Å²) in [4.78, 5) is 30.1. The van der Waals surface area contributed by atoms with Crippen molar-refractivity contribution < 1.29 is 9.59 Å². The molecule has 1 fully saturated rings. The van der Waals surface area contributed by atoms with Crippen LogP contribution in [-0.4, -0.2) is 61.4 Å². The Kier molecular flexibility index (Phi) is 6.86. The average Bonchev–Trinajstić information content (AvgIpc) is 2.73. The van der Waals surface area contributed by atoms with E-state index < -0.39 is 0 Å². The molecule has 0 radical (unpaired) electrons. The second-order valence-electron chi connectivity index (χ2n) is 7.14. The van der Waals surface area contributed by atoms with Gasteiger partial charge in [-0.3, -0.25) is 14.5 Å². The highest BCUT2D eigenvalue weighted by Crippen LogP contribution is 2.16. The lowest BCUT2D eigenvalue weighted by Gasteiger charge is -2.34. The molecular formula is C22H26BrN3O2. The van der Waals surface area contributed by atoms with Crippen molar-refractivity contribution in [3.05, 3.63) is 64.1 Å². The van der Waals surface area contributed by atoms with Crippen LogP contribution in [0.2, 0.25) is 0 Å². The lowest BCUT2D eigenvalue weighted by molar-refractivity contribution is -0.116. The van der Waals surface area contributed by atoms with Crippen molar-refractivity contribution in [3.8, 4) is 0 Å². The van der Waals surface area contributed by atoms with Gasteiger partial charge in [0.05, 0.1) is 0 Å². The van der Waals surface area contributed by atoms with Crippen molar-refractivity contribution in [2.24, 2.45) is 0 Å². The van der Waals surface area contributed by atoms with Crippen molar-refractivity contribution in [1.29, 1.82) is 0 Å². The van der Waals surface area contributed by atoms with Crippen molar-refractivity contribution in [2.45, 2.75) is 13.3 Å². The van der Waals surface area contributed by atoms with Gasteiger partial charge < -0.3 is 9.80 Å². The van der Waals surface area contributed by atoms with Crippen LogP contribution in [0.3, 0.4) is 0 Å². The van der Waals surface area contributed by atoms with E-state index in [-0.39, 0.29) is 11.8 Å². The first-order chi connectivity index (χ1) is 13.4. The standard InChI is InChI=1S/C22H26BrN3O2/c1-17(27)24(2)21-9-5-19(6-10-21)22(28)26-15-13-25(14-16-26)12-11-18-3-7-20(23)8-4-18/h3-10H,11-16H2,1-2H3. The third-order valence-electron chi connectivity index (χ3n) is 5.26. The van der Waals surface area contributed by atoms with Crippen LogP contribution in [-0.2, 0) is 11.2 Å². The Bertz CT molecular complexity index is 813. The maximum atomic E-state index is 12.8. The number of rotatable bonds is 5. The molecule has 1 saturated heterocycles. The fourth-order valence-electron chi connectivity index (χ4n) is 3.30. The summed E-state index contributed by atoms with van der Waals surface area (Å²) in [6, 6.07) is 15.7. The van der Waals surface area contributed by atoms with Gasteiger partial charge in [0.2, 0.25) is 5.91 Å². The molecule has 6 heteroatoms. The lowest BCUT2D eigenvalue weighted by Crippen LogP contribution is -2.49. The average molecular weight is 444 g/mol. The van der Waals surface area contributed by atoms with Crippen LogP contribution in [0.4, 0.5) is 5.69 Å². The van der Waals surface area contributed by atoms with E-state index >= 15 is 0 Å². The first-order valence-electron chi connectivity index (χ1n) is 9.54. The Hall–Kier alpha value is -2.18. The number of amides is 2. The largest absolute Gasteiger partial charge is 0.336 e. The van der Waals surface area contributed by atoms with Crippen molar-refractivity contribution in [1.82, 2.24) is 9.80 Å². The molecule has 1 aliphatic rings. The summed E-state index contributed by atoms with van der Waals surface area (Å²) in [6.45, 7) is 5.81. The molecule has 0 atom stereocenters. The third kappa shape index (κ3) is 5.20. The van der Waals surface area contributed by atoms with Crippen LogP contribution in [0.25, 0.3) is 0 Å². The third-order valence-corrected chi connectivity index (χ3v) is 5.79. The highest BCUT2D eigenvalue weighted by atomic mass is 79.9. The van der Waals surface area contributed by atoms with E-state index in [1.807, 2.05) is 17.0 Å². The molecule has 2 amide bonds. The summed E-state index contributed by atoms with van der Waals surface area (Å²) in [5, 5.41) is 0. The zero-order chi connectivity index (χ0) is 20.1. The van der Waals surface area contributed by atoms with Gasteiger partial charge in [-0.05, 0) is 48.4 Å². The fraction of sp³-hybridized carbons (Fsp3) is 0.364. The summed E-state index contributed by atoms with van der Waals surface area (Å²) in [6.07, 6.45) is 1.02. The normalized spacial score (nSPS) is 14.8. The summed E-state index contributed by atoms with van der Waals surface area (Å²) in [5.41, 5.74) is 2.79. The number of hydrogen-bond donors (Lipinski definition) is 0. The van der Waals surface area contributed by atoms with E-state index in [4.69, 9.17) is 0 Å². The van der Waals surface area contributed by atoms with E-state index in [1.165, 1.54) is 12.5 Å². The van der Waals surface area contributed by atoms with Gasteiger partial charge in [-0.2, -0.15) is 0 Å². The van der Waals surface area contributed by atoms with E-state index in [0.717, 1.165) is 49.3 Å². The smallest absolute Gasteiger partial charge is 0.253 e. The summed E-state index contributed by atoms with van der Waals surface area (Å²) >= 11 is 3.46. The molecule has 0 aromatic heterocycles. The van der Waals surface area contributed by atoms with Crippen LogP contribution in [0.5, 0.6) is 0 Å². The molecule has 0 unspecified atom stereocenters. The Morgan fingerprint density at radius 2 is 1.57 bits per heavy atom. The molecule has 148 valence electrons. The second-order valence-corrected chi connectivity index (χ2v) is 8.05. The van der Waals surface area contributed by atoms with Crippen LogP contribution < -0.4 is 4.90 Å². The Balaban J connectivity index is 1.49. The van der Waals surface area contributed by atoms with Crippen LogP contribution in [0.1, 0.15) is 22.8 Å². The molecule has 0 spiro atoms. The maximum Gasteiger partial charge on any atom is 0.253 e. The van der Waals surface area contributed by atoms with Crippen LogP contribution in [0, 0.1) is 0 Å². The van der Waals surface area contributed by atoms with Gasteiger partial charge in [-0.1, -0.05) is 28.1 Å². The topological polar surface area (TPSA) is 43.9 Å². The number of carbonyl (C=O) groups excluding carboxylic acids is 2. The minimum absolute atomic E-state index is 0.0293. The number of nitrogens with zero attached hydrogens (tertiary/aromatic N) is 3. The summed E-state index contributed by atoms with van der Waals surface area (Å²) in [5.74, 6) is 0.0305. The summed E-state index contributed by atoms with van der Waals surface area (Å²) in [7, 11) is 1.73. The van der Waals surface area contributed by atoms with Crippen molar-refractivity contribution >= 4 is 33.4 Å². The van der Waals surface area contributed by atoms with E-state index in [1.54, 1.807) is 24.1 Å². The van der Waals surface area contributed by atoms with Gasteiger partial charge in [-0.25, -0.2) is 0 Å². The maximum absolute atomic E-state index is 12.8. The minimum Gasteiger partial charge on any atom is -0.336 e. The monoisotopic (exact) mass is 443 g/mol. The Morgan fingerprint density at radius 3 is 2.14 bits per heavy atom. The van der Waals surface area contributed by atoms with Crippen LogP contribution in [0.15, 0.2) is 53.0 Å². The minimum atomic E-state index is -0.0293. The molecule has 1 heterocycles. The van der Waals surface area contributed by atoms with E-state index in [2.05, 4.69) is 45.1 Å². The van der Waals surface area contributed by atoms with Crippen LogP contribution >= 0.6 is 15.9 Å². The summed E-state index contributed by atoms with van der Waals surface area (Å²) < 4.78 is 1.10. The quantitative estimate of drug-likeness (QED) is 0.710. The Labute approximate surface area is 175 Å². The molecule has 0 bridgehead atoms. The highest BCUT2D eigenvalue weighted by Gasteiger charge is 2.22. The lowest BCUT2D eigenvalue weighted by atomic mass is 10.1. The van der Waals surface area contributed by atoms with E-state index in [9.17, 15) is 9.59 Å². The van der Waals surface area contributed by atoms with Gasteiger partial charge >= 0.3 is 0 Å². The van der Waals surface area contributed by atoms with Gasteiger partial charge in [-0.15, -0.1) is 0 Å². The predicted molar refractivity (Wildman–Crippen MR) is 116 cm³/mol. The molecule has 1 aliphatic heterocycles. The number of halogens is 1. The van der Waals surface area contributed by atoms with Crippen molar-refractivity contribution in [3.63, 3.8) is 0 Å². The van der Waals surface area contributed by atoms with Crippen molar-refractivity contribution in [2.75, 3.05) is 44.7 Å². The van der Waals surface area contributed by atoms with Gasteiger partial charge in [0.25, 0.3) is 5.91 Å². The first kappa shape index (κ1) is 20.6. The van der Waals surface area contributed by atoms with Gasteiger partial charge in [0.1, 0.15) is 0 Å². The Morgan fingerprint density at radius 1 is 0.964 bits per heavy atom. The van der Waals surface area contributed by atoms with E-state index in [0.29, 0.717) is 5.56 Å². The SMILES string of the molecule is CC(=O)N(C)c1ccc(C(=O)N2CCN(CCc3ccc(Br)cc3)CC2)cc1. The highest BCUT2D eigenvalue weighted by molar-refractivity contribution is 9.10. The molecular weight excluding hydrogens is 418 g/mol.